The first-order valence-electron chi connectivity index (χ1n) is 6.73. The summed E-state index contributed by atoms with van der Waals surface area (Å²) in [4.78, 5) is 16.4. The predicted molar refractivity (Wildman–Crippen MR) is 93.5 cm³/mol. The minimum Gasteiger partial charge on any atom is -0.298 e. The lowest BCUT2D eigenvalue weighted by Crippen LogP contribution is -2.07. The molecule has 0 fully saturated rings. The number of anilines is 1. The molecule has 22 heavy (non-hydrogen) atoms. The third kappa shape index (κ3) is 3.18. The predicted octanol–water partition coefficient (Wildman–Crippen LogP) is 4.91. The maximum Gasteiger partial charge on any atom is 0.250 e. The van der Waals surface area contributed by atoms with Crippen LogP contribution in [0.25, 0.3) is 16.3 Å². The summed E-state index contributed by atoms with van der Waals surface area (Å²) in [7, 11) is 0. The molecule has 5 heteroatoms. The summed E-state index contributed by atoms with van der Waals surface area (Å²) in [5.41, 5.74) is 2.74. The van der Waals surface area contributed by atoms with Gasteiger partial charge in [0, 0.05) is 11.1 Å². The van der Waals surface area contributed by atoms with E-state index in [2.05, 4.69) is 10.3 Å². The van der Waals surface area contributed by atoms with Crippen LogP contribution >= 0.6 is 22.9 Å². The smallest absolute Gasteiger partial charge is 0.250 e. The van der Waals surface area contributed by atoms with Gasteiger partial charge in [-0.2, -0.15) is 0 Å². The van der Waals surface area contributed by atoms with Crippen molar-refractivity contribution >= 4 is 50.3 Å². The van der Waals surface area contributed by atoms with Crippen LogP contribution < -0.4 is 5.32 Å². The molecule has 110 valence electrons. The van der Waals surface area contributed by atoms with Crippen LogP contribution in [0.4, 0.5) is 5.13 Å². The fourth-order valence-corrected chi connectivity index (χ4v) is 3.12. The van der Waals surface area contributed by atoms with E-state index >= 15 is 0 Å². The van der Waals surface area contributed by atoms with Gasteiger partial charge in [-0.05, 0) is 36.3 Å². The highest BCUT2D eigenvalue weighted by molar-refractivity contribution is 7.22. The van der Waals surface area contributed by atoms with Gasteiger partial charge in [-0.3, -0.25) is 10.1 Å². The number of hydrogen-bond donors (Lipinski definition) is 1. The van der Waals surface area contributed by atoms with Gasteiger partial charge in [-0.25, -0.2) is 4.98 Å². The molecule has 1 N–H and O–H groups in total. The molecule has 0 aliphatic carbocycles. The van der Waals surface area contributed by atoms with Gasteiger partial charge in [0.15, 0.2) is 5.13 Å². The first-order valence-corrected chi connectivity index (χ1v) is 7.93. The molecule has 3 nitrogen and oxygen atoms in total. The topological polar surface area (TPSA) is 42.0 Å². The fourth-order valence-electron chi connectivity index (χ4n) is 2.04. The monoisotopic (exact) mass is 328 g/mol. The summed E-state index contributed by atoms with van der Waals surface area (Å²) in [5.74, 6) is -0.202. The number of amides is 1. The zero-order chi connectivity index (χ0) is 15.5. The molecule has 1 amide bonds. The second-order valence-corrected chi connectivity index (χ2v) is 6.21. The Morgan fingerprint density at radius 2 is 2.00 bits per heavy atom. The van der Waals surface area contributed by atoms with Crippen molar-refractivity contribution < 1.29 is 4.79 Å². The highest BCUT2D eigenvalue weighted by atomic mass is 35.5. The van der Waals surface area contributed by atoms with Crippen molar-refractivity contribution in [3.05, 3.63) is 64.7 Å². The van der Waals surface area contributed by atoms with E-state index in [9.17, 15) is 4.79 Å². The number of nitrogens with zero attached hydrogens (tertiary/aromatic N) is 1. The second-order valence-electron chi connectivity index (χ2n) is 4.77. The summed E-state index contributed by atoms with van der Waals surface area (Å²) >= 11 is 7.52. The Morgan fingerprint density at radius 1 is 1.23 bits per heavy atom. The van der Waals surface area contributed by atoms with Crippen LogP contribution in [0.1, 0.15) is 11.1 Å². The van der Waals surface area contributed by atoms with Crippen molar-refractivity contribution in [3.8, 4) is 0 Å². The van der Waals surface area contributed by atoms with Crippen LogP contribution in [0.5, 0.6) is 0 Å². The lowest BCUT2D eigenvalue weighted by Gasteiger charge is -1.96. The highest BCUT2D eigenvalue weighted by Crippen LogP contribution is 2.31. The number of hydrogen-bond acceptors (Lipinski definition) is 3. The van der Waals surface area contributed by atoms with Crippen molar-refractivity contribution in [2.75, 3.05) is 5.32 Å². The van der Waals surface area contributed by atoms with Gasteiger partial charge in [-0.1, -0.05) is 53.3 Å². The average molecular weight is 329 g/mol. The summed E-state index contributed by atoms with van der Waals surface area (Å²) in [6.07, 6.45) is 3.27. The standard InChI is InChI=1S/C17H13ClN2OS/c1-11-13(18)8-9-14-16(11)20-17(22-14)19-15(21)10-7-12-5-3-2-4-6-12/h2-10H,1H3,(H,19,20,21)/b10-7+. The number of aromatic nitrogens is 1. The van der Waals surface area contributed by atoms with Gasteiger partial charge in [0.05, 0.1) is 10.2 Å². The Kier molecular flexibility index (Phi) is 4.22. The maximum absolute atomic E-state index is 12.0. The van der Waals surface area contributed by atoms with E-state index in [1.165, 1.54) is 17.4 Å². The molecule has 0 atom stereocenters. The lowest BCUT2D eigenvalue weighted by atomic mass is 10.2. The van der Waals surface area contributed by atoms with E-state index in [4.69, 9.17) is 11.6 Å². The van der Waals surface area contributed by atoms with E-state index in [-0.39, 0.29) is 5.91 Å². The van der Waals surface area contributed by atoms with Crippen LogP contribution in [0.15, 0.2) is 48.5 Å². The zero-order valence-corrected chi connectivity index (χ0v) is 13.4. The molecule has 0 aliphatic heterocycles. The molecule has 0 spiro atoms. The molecular weight excluding hydrogens is 316 g/mol. The van der Waals surface area contributed by atoms with Gasteiger partial charge in [-0.15, -0.1) is 0 Å². The second kappa shape index (κ2) is 6.30. The Hall–Kier alpha value is -2.17. The molecular formula is C17H13ClN2OS. The van der Waals surface area contributed by atoms with E-state index in [1.807, 2.05) is 49.4 Å². The van der Waals surface area contributed by atoms with E-state index in [1.54, 1.807) is 6.08 Å². The highest BCUT2D eigenvalue weighted by Gasteiger charge is 2.09. The van der Waals surface area contributed by atoms with Crippen molar-refractivity contribution in [2.24, 2.45) is 0 Å². The van der Waals surface area contributed by atoms with E-state index in [0.717, 1.165) is 21.3 Å². The van der Waals surface area contributed by atoms with Crippen LogP contribution in [0.2, 0.25) is 5.02 Å². The molecule has 3 aromatic rings. The Labute approximate surface area is 137 Å². The number of thiazole rings is 1. The van der Waals surface area contributed by atoms with Gasteiger partial charge in [0.2, 0.25) is 5.91 Å². The number of halogens is 1. The van der Waals surface area contributed by atoms with Crippen molar-refractivity contribution in [1.29, 1.82) is 0 Å². The minimum absolute atomic E-state index is 0.202. The van der Waals surface area contributed by atoms with Crippen molar-refractivity contribution in [1.82, 2.24) is 4.98 Å². The van der Waals surface area contributed by atoms with Crippen LogP contribution in [0, 0.1) is 6.92 Å². The Bertz CT molecular complexity index is 856. The summed E-state index contributed by atoms with van der Waals surface area (Å²) in [6, 6.07) is 13.4. The SMILES string of the molecule is Cc1c(Cl)ccc2sc(NC(=O)/C=C/c3ccccc3)nc12. The molecule has 2 aromatic carbocycles. The van der Waals surface area contributed by atoms with Gasteiger partial charge in [0.25, 0.3) is 0 Å². The summed E-state index contributed by atoms with van der Waals surface area (Å²) < 4.78 is 1.00. The number of rotatable bonds is 3. The van der Waals surface area contributed by atoms with Crippen molar-refractivity contribution in [2.45, 2.75) is 6.92 Å². The third-order valence-electron chi connectivity index (χ3n) is 3.20. The molecule has 0 radical (unpaired) electrons. The number of carbonyl (C=O) groups excluding carboxylic acids is 1. The third-order valence-corrected chi connectivity index (χ3v) is 4.55. The Morgan fingerprint density at radius 3 is 2.77 bits per heavy atom. The molecule has 0 aliphatic rings. The normalized spacial score (nSPS) is 11.2. The van der Waals surface area contributed by atoms with Crippen LogP contribution in [-0.4, -0.2) is 10.9 Å². The molecule has 0 unspecified atom stereocenters. The van der Waals surface area contributed by atoms with Crippen LogP contribution in [0.3, 0.4) is 0 Å². The lowest BCUT2D eigenvalue weighted by molar-refractivity contribution is -0.111. The molecule has 0 saturated heterocycles. The Balaban J connectivity index is 1.77. The molecule has 1 aromatic heterocycles. The number of carbonyl (C=O) groups is 1. The van der Waals surface area contributed by atoms with Gasteiger partial charge < -0.3 is 0 Å². The zero-order valence-electron chi connectivity index (χ0n) is 11.8. The molecule has 3 rings (SSSR count). The first kappa shape index (κ1) is 14.8. The van der Waals surface area contributed by atoms with Crippen LogP contribution in [-0.2, 0) is 4.79 Å². The number of benzene rings is 2. The average Bonchev–Trinajstić information content (AvgIpc) is 2.93. The van der Waals surface area contributed by atoms with Crippen molar-refractivity contribution in [3.63, 3.8) is 0 Å². The van der Waals surface area contributed by atoms with Gasteiger partial charge >= 0.3 is 0 Å². The molecule has 1 heterocycles. The van der Waals surface area contributed by atoms with Gasteiger partial charge in [0.1, 0.15) is 0 Å². The minimum atomic E-state index is -0.202. The summed E-state index contributed by atoms with van der Waals surface area (Å²) in [5, 5.41) is 4.04. The van der Waals surface area contributed by atoms with E-state index < -0.39 is 0 Å². The largest absolute Gasteiger partial charge is 0.298 e. The summed E-state index contributed by atoms with van der Waals surface area (Å²) in [6.45, 7) is 1.92. The number of aryl methyl sites for hydroxylation is 1. The number of fused-ring (bicyclic) bond motifs is 1. The quantitative estimate of drug-likeness (QED) is 0.694. The number of nitrogens with one attached hydrogen (secondary N) is 1. The molecule has 0 bridgehead atoms. The maximum atomic E-state index is 12.0. The fraction of sp³-hybridized carbons (Fsp3) is 0.0588. The van der Waals surface area contributed by atoms with E-state index in [0.29, 0.717) is 10.2 Å². The first-order chi connectivity index (χ1) is 10.6. The molecule has 0 saturated carbocycles.